The van der Waals surface area contributed by atoms with E-state index in [4.69, 9.17) is 9.72 Å². The van der Waals surface area contributed by atoms with Crippen molar-refractivity contribution in [3.05, 3.63) is 72.4 Å². The third kappa shape index (κ3) is 5.12. The first-order chi connectivity index (χ1) is 16.3. The molecular formula is C25H29N7O. The van der Waals surface area contributed by atoms with Gasteiger partial charge in [0.2, 0.25) is 5.95 Å². The number of aromatic nitrogens is 5. The van der Waals surface area contributed by atoms with Crippen molar-refractivity contribution in [1.82, 2.24) is 29.4 Å². The van der Waals surface area contributed by atoms with Gasteiger partial charge >= 0.3 is 0 Å². The quantitative estimate of drug-likeness (QED) is 0.447. The zero-order chi connectivity index (χ0) is 22.5. The highest BCUT2D eigenvalue weighted by Gasteiger charge is 2.22. The molecular weight excluding hydrogens is 414 g/mol. The predicted octanol–water partition coefficient (Wildman–Crippen LogP) is 3.40. The van der Waals surface area contributed by atoms with Crippen LogP contribution in [0.5, 0.6) is 5.75 Å². The molecule has 1 fully saturated rings. The third-order valence-electron chi connectivity index (χ3n) is 6.25. The van der Waals surface area contributed by atoms with Gasteiger partial charge in [-0.2, -0.15) is 0 Å². The fraction of sp³-hybridized carbons (Fsp3) is 0.360. The first kappa shape index (κ1) is 21.3. The number of rotatable bonds is 8. The van der Waals surface area contributed by atoms with E-state index in [1.165, 1.54) is 5.56 Å². The normalized spacial score (nSPS) is 15.1. The van der Waals surface area contributed by atoms with E-state index in [0.29, 0.717) is 12.6 Å². The summed E-state index contributed by atoms with van der Waals surface area (Å²) < 4.78 is 7.36. The first-order valence-electron chi connectivity index (χ1n) is 11.5. The molecule has 1 aromatic carbocycles. The number of hydrogen-bond donors (Lipinski definition) is 1. The van der Waals surface area contributed by atoms with Crippen LogP contribution in [-0.4, -0.2) is 62.2 Å². The molecule has 1 saturated heterocycles. The predicted molar refractivity (Wildman–Crippen MR) is 128 cm³/mol. The summed E-state index contributed by atoms with van der Waals surface area (Å²) in [5.74, 6) is 1.75. The third-order valence-corrected chi connectivity index (χ3v) is 6.25. The van der Waals surface area contributed by atoms with Gasteiger partial charge in [0.25, 0.3) is 0 Å². The molecule has 1 aliphatic heterocycles. The van der Waals surface area contributed by atoms with E-state index in [2.05, 4.69) is 41.9 Å². The van der Waals surface area contributed by atoms with E-state index in [1.54, 1.807) is 19.6 Å². The molecule has 0 spiro atoms. The maximum absolute atomic E-state index is 5.25. The summed E-state index contributed by atoms with van der Waals surface area (Å²) in [6.07, 6.45) is 8.38. The number of nitrogens with zero attached hydrogens (tertiary/aromatic N) is 6. The summed E-state index contributed by atoms with van der Waals surface area (Å²) in [5.41, 5.74) is 3.95. The summed E-state index contributed by atoms with van der Waals surface area (Å²) in [4.78, 5) is 20.4. The summed E-state index contributed by atoms with van der Waals surface area (Å²) in [6.45, 7) is 3.85. The van der Waals surface area contributed by atoms with Gasteiger partial charge in [-0.25, -0.2) is 15.0 Å². The fourth-order valence-corrected chi connectivity index (χ4v) is 4.35. The van der Waals surface area contributed by atoms with Crippen molar-refractivity contribution in [2.24, 2.45) is 0 Å². The van der Waals surface area contributed by atoms with Crippen molar-refractivity contribution in [1.29, 1.82) is 0 Å². The average molecular weight is 444 g/mol. The maximum atomic E-state index is 5.25. The Morgan fingerprint density at radius 1 is 1.06 bits per heavy atom. The number of piperidine rings is 1. The van der Waals surface area contributed by atoms with Crippen LogP contribution in [0.15, 0.2) is 61.2 Å². The molecule has 1 aliphatic rings. The summed E-state index contributed by atoms with van der Waals surface area (Å²) >= 11 is 0. The highest BCUT2D eigenvalue weighted by Crippen LogP contribution is 2.22. The summed E-state index contributed by atoms with van der Waals surface area (Å²) in [7, 11) is 1.70. The monoisotopic (exact) mass is 443 g/mol. The number of benzene rings is 1. The minimum atomic E-state index is 0.384. The molecule has 0 bridgehead atoms. The van der Waals surface area contributed by atoms with E-state index in [-0.39, 0.29) is 0 Å². The Morgan fingerprint density at radius 2 is 1.91 bits per heavy atom. The molecule has 0 unspecified atom stereocenters. The van der Waals surface area contributed by atoms with Gasteiger partial charge in [0.05, 0.1) is 25.5 Å². The van der Waals surface area contributed by atoms with Crippen LogP contribution < -0.4 is 10.1 Å². The number of methoxy groups -OCH3 is 1. The van der Waals surface area contributed by atoms with Crippen LogP contribution in [-0.2, 0) is 13.0 Å². The molecule has 0 aliphatic carbocycles. The van der Waals surface area contributed by atoms with Crippen molar-refractivity contribution >= 4 is 17.1 Å². The van der Waals surface area contributed by atoms with Crippen LogP contribution in [0, 0.1) is 0 Å². The number of nitrogens with one attached hydrogen (secondary N) is 1. The molecule has 0 saturated carbocycles. The van der Waals surface area contributed by atoms with Gasteiger partial charge in [0.15, 0.2) is 5.65 Å². The number of fused-ring (bicyclic) bond motifs is 1. The molecule has 0 atom stereocenters. The molecule has 0 radical (unpaired) electrons. The van der Waals surface area contributed by atoms with Crippen molar-refractivity contribution in [2.45, 2.75) is 31.8 Å². The second-order valence-corrected chi connectivity index (χ2v) is 8.43. The van der Waals surface area contributed by atoms with Gasteiger partial charge in [0, 0.05) is 31.9 Å². The van der Waals surface area contributed by atoms with Gasteiger partial charge < -0.3 is 15.0 Å². The fourth-order valence-electron chi connectivity index (χ4n) is 4.35. The Balaban J connectivity index is 1.20. The van der Waals surface area contributed by atoms with E-state index < -0.39 is 0 Å². The molecule has 1 N–H and O–H groups in total. The first-order valence-corrected chi connectivity index (χ1v) is 11.5. The lowest BCUT2D eigenvalue weighted by Gasteiger charge is -2.32. The lowest BCUT2D eigenvalue weighted by atomic mass is 10.0. The zero-order valence-corrected chi connectivity index (χ0v) is 18.9. The lowest BCUT2D eigenvalue weighted by Crippen LogP contribution is -2.40. The minimum absolute atomic E-state index is 0.384. The second-order valence-electron chi connectivity index (χ2n) is 8.43. The lowest BCUT2D eigenvalue weighted by molar-refractivity contribution is 0.221. The number of ether oxygens (including phenoxy) is 1. The Hall–Kier alpha value is -3.52. The van der Waals surface area contributed by atoms with Crippen molar-refractivity contribution in [3.8, 4) is 5.75 Å². The molecule has 8 heteroatoms. The van der Waals surface area contributed by atoms with Crippen LogP contribution in [0.1, 0.15) is 24.1 Å². The Morgan fingerprint density at radius 3 is 2.67 bits per heavy atom. The topological polar surface area (TPSA) is 81.0 Å². The smallest absolute Gasteiger partial charge is 0.205 e. The Bertz CT molecular complexity index is 1170. The Labute approximate surface area is 193 Å². The average Bonchev–Trinajstić information content (AvgIpc) is 3.21. The largest absolute Gasteiger partial charge is 0.497 e. The van der Waals surface area contributed by atoms with Gasteiger partial charge in [-0.15, -0.1) is 0 Å². The zero-order valence-electron chi connectivity index (χ0n) is 18.9. The van der Waals surface area contributed by atoms with Gasteiger partial charge in [-0.05, 0) is 49.1 Å². The van der Waals surface area contributed by atoms with Crippen LogP contribution in [0.2, 0.25) is 0 Å². The molecule has 4 heterocycles. The highest BCUT2D eigenvalue weighted by molar-refractivity contribution is 5.73. The van der Waals surface area contributed by atoms with Gasteiger partial charge in [-0.1, -0.05) is 18.2 Å². The van der Waals surface area contributed by atoms with Crippen LogP contribution >= 0.6 is 0 Å². The van der Waals surface area contributed by atoms with E-state index in [1.807, 2.05) is 36.5 Å². The number of likely N-dealkylation sites (tertiary alicyclic amines) is 1. The molecule has 4 aromatic rings. The van der Waals surface area contributed by atoms with Crippen molar-refractivity contribution in [2.75, 3.05) is 32.1 Å². The molecule has 3 aromatic heterocycles. The minimum Gasteiger partial charge on any atom is -0.497 e. The van der Waals surface area contributed by atoms with Crippen LogP contribution in [0.25, 0.3) is 11.2 Å². The van der Waals surface area contributed by atoms with E-state index in [0.717, 1.165) is 67.5 Å². The van der Waals surface area contributed by atoms with E-state index in [9.17, 15) is 0 Å². The van der Waals surface area contributed by atoms with Gasteiger partial charge in [0.1, 0.15) is 17.6 Å². The molecule has 5 rings (SSSR count). The van der Waals surface area contributed by atoms with E-state index >= 15 is 0 Å². The number of hydrogen-bond acceptors (Lipinski definition) is 7. The SMILES string of the molecule is COc1ccc(CCN2CCC(Nc3nc4cncnc4n3Cc3ccccn3)CC2)cc1. The van der Waals surface area contributed by atoms with Crippen molar-refractivity contribution in [3.63, 3.8) is 0 Å². The molecule has 8 nitrogen and oxygen atoms in total. The number of pyridine rings is 1. The summed E-state index contributed by atoms with van der Waals surface area (Å²) in [6, 6.07) is 14.7. The Kier molecular flexibility index (Phi) is 6.44. The van der Waals surface area contributed by atoms with Crippen molar-refractivity contribution < 1.29 is 4.74 Å². The van der Waals surface area contributed by atoms with Gasteiger partial charge in [-0.3, -0.25) is 9.55 Å². The summed E-state index contributed by atoms with van der Waals surface area (Å²) in [5, 5.41) is 3.68. The molecule has 33 heavy (non-hydrogen) atoms. The van der Waals surface area contributed by atoms with Crippen LogP contribution in [0.3, 0.4) is 0 Å². The number of anilines is 1. The molecule has 170 valence electrons. The molecule has 0 amide bonds. The number of imidazole rings is 1. The second kappa shape index (κ2) is 9.95. The maximum Gasteiger partial charge on any atom is 0.205 e. The standard InChI is InChI=1S/C25H29N7O/c1-33-22-7-5-19(6-8-22)9-13-31-14-10-20(11-15-31)29-25-30-23-16-26-18-28-24(23)32(25)17-21-4-2-3-12-27-21/h2-8,12,16,18,20H,9-11,13-15,17H2,1H3,(H,29,30). The highest BCUT2D eigenvalue weighted by atomic mass is 16.5. The van der Waals surface area contributed by atoms with Crippen LogP contribution in [0.4, 0.5) is 5.95 Å².